The van der Waals surface area contributed by atoms with Crippen LogP contribution in [-0.4, -0.2) is 15.0 Å². The van der Waals surface area contributed by atoms with E-state index in [4.69, 9.17) is 15.0 Å². The van der Waals surface area contributed by atoms with Crippen molar-refractivity contribution in [2.75, 3.05) is 0 Å². The van der Waals surface area contributed by atoms with Gasteiger partial charge in [-0.25, -0.2) is 15.0 Å². The molecule has 0 unspecified atom stereocenters. The molecular weight excluding hydrogens is 639 g/mol. The van der Waals surface area contributed by atoms with Crippen molar-refractivity contribution in [2.24, 2.45) is 0 Å². The minimum Gasteiger partial charge on any atom is -0.208 e. The Hall–Kier alpha value is -6.49. The molecule has 1 aliphatic carbocycles. The highest BCUT2D eigenvalue weighted by Gasteiger charge is 2.29. The van der Waals surface area contributed by atoms with Crippen LogP contribution in [0.2, 0.25) is 0 Å². The topological polar surface area (TPSA) is 38.7 Å². The van der Waals surface area contributed by atoms with Crippen LogP contribution in [0.4, 0.5) is 0 Å². The van der Waals surface area contributed by atoms with Gasteiger partial charge in [-0.3, -0.25) is 0 Å². The van der Waals surface area contributed by atoms with Crippen molar-refractivity contribution in [3.8, 4) is 67.5 Å². The van der Waals surface area contributed by atoms with Crippen molar-refractivity contribution in [1.82, 2.24) is 15.0 Å². The first-order valence-electron chi connectivity index (χ1n) is 17.2. The number of benzene rings is 8. The molecule has 0 N–H and O–H groups in total. The van der Waals surface area contributed by atoms with Gasteiger partial charge in [0.1, 0.15) is 0 Å². The van der Waals surface area contributed by atoms with E-state index in [1.165, 1.54) is 64.0 Å². The average molecular weight is 666 g/mol. The summed E-state index contributed by atoms with van der Waals surface area (Å²) in [6.45, 7) is 0. The number of fused-ring (bicyclic) bond motifs is 7. The van der Waals surface area contributed by atoms with Crippen LogP contribution < -0.4 is 0 Å². The molecule has 0 saturated heterocycles. The van der Waals surface area contributed by atoms with Gasteiger partial charge in [-0.2, -0.15) is 0 Å². The molecule has 0 saturated carbocycles. The van der Waals surface area contributed by atoms with Crippen molar-refractivity contribution in [2.45, 2.75) is 0 Å². The third-order valence-electron chi connectivity index (χ3n) is 10.2. The third-order valence-corrected chi connectivity index (χ3v) is 11.3. The highest BCUT2D eigenvalue weighted by atomic mass is 32.1. The standard InChI is InChI=1S/C47H27N3S/c1-2-12-30(13-3-1)45-48-46(34-18-8-17-32(26-34)33-24-23-28-11-4-5-14-31(28)25-33)50-47(49-45)44-42-37-21-10-16-29-15-9-20-35(41(29)37)38(42)27-40-43(44)36-19-6-7-22-39(36)51-40/h1-27H. The van der Waals surface area contributed by atoms with E-state index >= 15 is 0 Å². The number of aromatic nitrogens is 3. The predicted molar refractivity (Wildman–Crippen MR) is 214 cm³/mol. The molecule has 2 aromatic heterocycles. The van der Waals surface area contributed by atoms with E-state index < -0.39 is 0 Å². The highest BCUT2D eigenvalue weighted by Crippen LogP contribution is 2.55. The lowest BCUT2D eigenvalue weighted by atomic mass is 9.93. The van der Waals surface area contributed by atoms with Crippen molar-refractivity contribution >= 4 is 53.1 Å². The van der Waals surface area contributed by atoms with Crippen molar-refractivity contribution in [3.63, 3.8) is 0 Å². The van der Waals surface area contributed by atoms with Crippen LogP contribution >= 0.6 is 11.3 Å². The third kappa shape index (κ3) is 4.40. The molecule has 51 heavy (non-hydrogen) atoms. The van der Waals surface area contributed by atoms with Gasteiger partial charge in [0, 0.05) is 42.4 Å². The molecular formula is C47H27N3S. The minimum absolute atomic E-state index is 0.653. The van der Waals surface area contributed by atoms with E-state index in [0.29, 0.717) is 17.5 Å². The number of nitrogens with zero attached hydrogens (tertiary/aromatic N) is 3. The second kappa shape index (κ2) is 11.0. The largest absolute Gasteiger partial charge is 0.208 e. The Morgan fingerprint density at radius 1 is 0.333 bits per heavy atom. The fraction of sp³-hybridized carbons (Fsp3) is 0. The second-order valence-corrected chi connectivity index (χ2v) is 14.3. The molecule has 0 radical (unpaired) electrons. The summed E-state index contributed by atoms with van der Waals surface area (Å²) < 4.78 is 2.49. The van der Waals surface area contributed by atoms with Crippen LogP contribution in [0.15, 0.2) is 164 Å². The molecule has 1 aliphatic rings. The summed E-state index contributed by atoms with van der Waals surface area (Å²) in [5.74, 6) is 2.00. The Morgan fingerprint density at radius 2 is 0.980 bits per heavy atom. The van der Waals surface area contributed by atoms with Gasteiger partial charge in [0.2, 0.25) is 0 Å². The summed E-state index contributed by atoms with van der Waals surface area (Å²) in [5.41, 5.74) is 10.2. The zero-order valence-electron chi connectivity index (χ0n) is 27.3. The summed E-state index contributed by atoms with van der Waals surface area (Å²) >= 11 is 1.83. The number of hydrogen-bond acceptors (Lipinski definition) is 4. The van der Waals surface area contributed by atoms with E-state index in [-0.39, 0.29) is 0 Å². The fourth-order valence-corrected chi connectivity index (χ4v) is 9.07. The molecule has 10 aromatic rings. The molecule has 0 aliphatic heterocycles. The Kier molecular flexibility index (Phi) is 6.12. The maximum Gasteiger partial charge on any atom is 0.165 e. The monoisotopic (exact) mass is 665 g/mol. The van der Waals surface area contributed by atoms with Crippen LogP contribution in [0.1, 0.15) is 0 Å². The van der Waals surface area contributed by atoms with Crippen molar-refractivity contribution in [3.05, 3.63) is 164 Å². The van der Waals surface area contributed by atoms with E-state index in [0.717, 1.165) is 27.8 Å². The van der Waals surface area contributed by atoms with Gasteiger partial charge in [-0.1, -0.05) is 140 Å². The molecule has 8 aromatic carbocycles. The van der Waals surface area contributed by atoms with Gasteiger partial charge >= 0.3 is 0 Å². The van der Waals surface area contributed by atoms with Crippen molar-refractivity contribution in [1.29, 1.82) is 0 Å². The molecule has 0 bridgehead atoms. The zero-order chi connectivity index (χ0) is 33.5. The van der Waals surface area contributed by atoms with Crippen molar-refractivity contribution < 1.29 is 0 Å². The lowest BCUT2D eigenvalue weighted by Crippen LogP contribution is -2.01. The van der Waals surface area contributed by atoms with E-state index in [9.17, 15) is 0 Å². The number of thiophene rings is 1. The first-order valence-corrected chi connectivity index (χ1v) is 18.0. The highest BCUT2D eigenvalue weighted by molar-refractivity contribution is 7.26. The molecule has 0 atom stereocenters. The Labute approximate surface area is 298 Å². The smallest absolute Gasteiger partial charge is 0.165 e. The van der Waals surface area contributed by atoms with Crippen LogP contribution in [0, 0.1) is 0 Å². The molecule has 0 fully saturated rings. The molecule has 2 heterocycles. The summed E-state index contributed by atoms with van der Waals surface area (Å²) in [7, 11) is 0. The molecule has 4 heteroatoms. The molecule has 0 amide bonds. The molecule has 11 rings (SSSR count). The molecule has 236 valence electrons. The van der Waals surface area contributed by atoms with Gasteiger partial charge in [-0.15, -0.1) is 11.3 Å². The fourth-order valence-electron chi connectivity index (χ4n) is 7.92. The van der Waals surface area contributed by atoms with Gasteiger partial charge in [0.05, 0.1) is 0 Å². The lowest BCUT2D eigenvalue weighted by molar-refractivity contribution is 1.08. The van der Waals surface area contributed by atoms with Gasteiger partial charge in [0.15, 0.2) is 17.5 Å². The maximum absolute atomic E-state index is 5.41. The summed E-state index contributed by atoms with van der Waals surface area (Å²) in [5, 5.41) is 7.40. The van der Waals surface area contributed by atoms with Gasteiger partial charge < -0.3 is 0 Å². The normalized spacial score (nSPS) is 11.9. The zero-order valence-corrected chi connectivity index (χ0v) is 28.2. The van der Waals surface area contributed by atoms with E-state index in [1.807, 2.05) is 29.5 Å². The van der Waals surface area contributed by atoms with Crippen LogP contribution in [0.5, 0.6) is 0 Å². The minimum atomic E-state index is 0.653. The average Bonchev–Trinajstić information content (AvgIpc) is 3.73. The second-order valence-electron chi connectivity index (χ2n) is 13.2. The van der Waals surface area contributed by atoms with Gasteiger partial charge in [-0.05, 0) is 73.6 Å². The van der Waals surface area contributed by atoms with E-state index in [2.05, 4.69) is 146 Å². The first kappa shape index (κ1) is 28.4. The van der Waals surface area contributed by atoms with Crippen LogP contribution in [0.3, 0.4) is 0 Å². The molecule has 3 nitrogen and oxygen atoms in total. The molecule has 0 spiro atoms. The summed E-state index contributed by atoms with van der Waals surface area (Å²) in [4.78, 5) is 15.9. The van der Waals surface area contributed by atoms with Crippen LogP contribution in [0.25, 0.3) is 109 Å². The summed E-state index contributed by atoms with van der Waals surface area (Å²) in [6.07, 6.45) is 0. The Bertz CT molecular complexity index is 3030. The van der Waals surface area contributed by atoms with Crippen LogP contribution in [-0.2, 0) is 0 Å². The first-order chi connectivity index (χ1) is 25.3. The Balaban J connectivity index is 1.21. The number of hydrogen-bond donors (Lipinski definition) is 0. The quantitative estimate of drug-likeness (QED) is 0.188. The Morgan fingerprint density at radius 3 is 1.86 bits per heavy atom. The number of rotatable bonds is 4. The predicted octanol–water partition coefficient (Wildman–Crippen LogP) is 12.9. The SMILES string of the molecule is c1ccc(-c2nc(-c3cccc(-c4ccc5ccccc5c4)c3)nc(-c3c4c(cc5sc6ccccc6c35)-c3cccc5cccc-4c35)n2)cc1. The summed E-state index contributed by atoms with van der Waals surface area (Å²) in [6, 6.07) is 58.4. The maximum atomic E-state index is 5.41. The lowest BCUT2D eigenvalue weighted by Gasteiger charge is -2.15. The van der Waals surface area contributed by atoms with Gasteiger partial charge in [0.25, 0.3) is 0 Å². The van der Waals surface area contributed by atoms with E-state index in [1.54, 1.807) is 0 Å².